The van der Waals surface area contributed by atoms with Crippen LogP contribution >= 0.6 is 27.3 Å². The van der Waals surface area contributed by atoms with Gasteiger partial charge in [-0.2, -0.15) is 0 Å². The maximum Gasteiger partial charge on any atom is 0.259 e. The topological polar surface area (TPSA) is 44.0 Å². The zero-order chi connectivity index (χ0) is 24.3. The first-order valence-electron chi connectivity index (χ1n) is 13.1. The third-order valence-corrected chi connectivity index (χ3v) is 8.22. The molecule has 6 heteroatoms. The Labute approximate surface area is 216 Å². The van der Waals surface area contributed by atoms with Gasteiger partial charge in [-0.25, -0.2) is 0 Å². The smallest absolute Gasteiger partial charge is 0.259 e. The van der Waals surface area contributed by atoms with Crippen LogP contribution < -0.4 is 11.1 Å². The number of hydrogen-bond acceptors (Lipinski definition) is 3. The van der Waals surface area contributed by atoms with Crippen molar-refractivity contribution in [3.8, 4) is 10.4 Å². The van der Waals surface area contributed by atoms with Crippen LogP contribution in [-0.4, -0.2) is 9.13 Å². The van der Waals surface area contributed by atoms with Crippen molar-refractivity contribution in [2.24, 2.45) is 0 Å². The molecule has 34 heavy (non-hydrogen) atoms. The van der Waals surface area contributed by atoms with Gasteiger partial charge in [0.1, 0.15) is 0 Å². The minimum atomic E-state index is 0.0177. The Morgan fingerprint density at radius 3 is 1.88 bits per heavy atom. The Hall–Kier alpha value is -1.66. The molecule has 3 aromatic rings. The summed E-state index contributed by atoms with van der Waals surface area (Å²) in [6.07, 6.45) is 14.2. The number of halogens is 1. The minimum absolute atomic E-state index is 0.0177. The zero-order valence-electron chi connectivity index (χ0n) is 20.8. The molecule has 0 bridgehead atoms. The molecule has 0 aliphatic carbocycles. The Morgan fingerprint density at radius 1 is 0.706 bits per heavy atom. The summed E-state index contributed by atoms with van der Waals surface area (Å²) in [6.45, 7) is 5.84. The van der Waals surface area contributed by atoms with Gasteiger partial charge >= 0.3 is 0 Å². The maximum atomic E-state index is 13.6. The van der Waals surface area contributed by atoms with Crippen molar-refractivity contribution in [2.75, 3.05) is 0 Å². The third kappa shape index (κ3) is 7.17. The van der Waals surface area contributed by atoms with Gasteiger partial charge in [0, 0.05) is 24.0 Å². The molecule has 186 valence electrons. The number of pyridine rings is 2. The third-order valence-electron chi connectivity index (χ3n) is 6.56. The Balaban J connectivity index is 1.93. The highest BCUT2D eigenvalue weighted by Gasteiger charge is 2.15. The Bertz CT molecular complexity index is 1160. The van der Waals surface area contributed by atoms with Crippen molar-refractivity contribution in [2.45, 2.75) is 104 Å². The van der Waals surface area contributed by atoms with Crippen LogP contribution in [0, 0.1) is 0 Å². The van der Waals surface area contributed by atoms with E-state index in [0.29, 0.717) is 18.7 Å². The second-order valence-corrected chi connectivity index (χ2v) is 11.7. The molecule has 0 radical (unpaired) electrons. The van der Waals surface area contributed by atoms with Gasteiger partial charge in [-0.3, -0.25) is 9.59 Å². The second-order valence-electron chi connectivity index (χ2n) is 9.25. The lowest BCUT2D eigenvalue weighted by molar-refractivity contribution is 0.551. The summed E-state index contributed by atoms with van der Waals surface area (Å²) in [5.41, 5.74) is 2.51. The van der Waals surface area contributed by atoms with Gasteiger partial charge in [0.15, 0.2) is 0 Å². The largest absolute Gasteiger partial charge is 0.307 e. The van der Waals surface area contributed by atoms with Crippen LogP contribution in [-0.2, 0) is 13.1 Å². The normalized spacial score (nSPS) is 11.5. The van der Waals surface area contributed by atoms with Crippen LogP contribution in [0.4, 0.5) is 0 Å². The first-order valence-corrected chi connectivity index (χ1v) is 14.7. The number of nitrogens with zero attached hydrogens (tertiary/aromatic N) is 2. The number of thiophene rings is 1. The van der Waals surface area contributed by atoms with Gasteiger partial charge in [0.05, 0.1) is 20.4 Å². The first kappa shape index (κ1) is 26.9. The van der Waals surface area contributed by atoms with Crippen molar-refractivity contribution in [3.63, 3.8) is 0 Å². The van der Waals surface area contributed by atoms with Gasteiger partial charge in [0.25, 0.3) is 11.1 Å². The molecule has 0 saturated carbocycles. The highest BCUT2D eigenvalue weighted by molar-refractivity contribution is 9.11. The van der Waals surface area contributed by atoms with Gasteiger partial charge in [-0.15, -0.1) is 11.3 Å². The zero-order valence-corrected chi connectivity index (χ0v) is 23.2. The molecular formula is C28H39BrN2O2S. The van der Waals surface area contributed by atoms with E-state index in [1.54, 1.807) is 17.4 Å². The summed E-state index contributed by atoms with van der Waals surface area (Å²) in [6, 6.07) is 9.41. The summed E-state index contributed by atoms with van der Waals surface area (Å²) < 4.78 is 4.80. The van der Waals surface area contributed by atoms with Gasteiger partial charge in [-0.1, -0.05) is 78.1 Å². The fraction of sp³-hybridized carbons (Fsp3) is 0.571. The number of rotatable bonds is 15. The molecule has 0 aromatic carbocycles. The van der Waals surface area contributed by atoms with E-state index in [9.17, 15) is 9.59 Å². The van der Waals surface area contributed by atoms with E-state index >= 15 is 0 Å². The number of unbranched alkanes of at least 4 members (excludes halogenated alkanes) is 10. The molecular weight excluding hydrogens is 508 g/mol. The van der Waals surface area contributed by atoms with Crippen molar-refractivity contribution in [3.05, 3.63) is 54.8 Å². The van der Waals surface area contributed by atoms with E-state index in [-0.39, 0.29) is 11.1 Å². The summed E-state index contributed by atoms with van der Waals surface area (Å²) in [4.78, 5) is 27.4. The van der Waals surface area contributed by atoms with Gasteiger partial charge in [0.2, 0.25) is 0 Å². The van der Waals surface area contributed by atoms with Crippen molar-refractivity contribution in [1.82, 2.24) is 9.13 Å². The molecule has 0 unspecified atom stereocenters. The lowest BCUT2D eigenvalue weighted by Gasteiger charge is -2.16. The van der Waals surface area contributed by atoms with E-state index in [1.807, 2.05) is 33.4 Å². The number of hydrogen-bond donors (Lipinski definition) is 0. The van der Waals surface area contributed by atoms with Crippen molar-refractivity contribution < 1.29 is 0 Å². The molecule has 3 heterocycles. The molecule has 0 aliphatic heterocycles. The fourth-order valence-corrected chi connectivity index (χ4v) is 6.00. The predicted molar refractivity (Wildman–Crippen MR) is 150 cm³/mol. The summed E-state index contributed by atoms with van der Waals surface area (Å²) in [7, 11) is 0. The van der Waals surface area contributed by atoms with Crippen LogP contribution in [0.3, 0.4) is 0 Å². The second kappa shape index (κ2) is 14.0. The highest BCUT2D eigenvalue weighted by Crippen LogP contribution is 2.31. The lowest BCUT2D eigenvalue weighted by atomic mass is 10.1. The fourth-order valence-electron chi connectivity index (χ4n) is 4.60. The average molecular weight is 548 g/mol. The van der Waals surface area contributed by atoms with Gasteiger partial charge in [-0.05, 0) is 53.0 Å². The van der Waals surface area contributed by atoms with Crippen LogP contribution in [0.1, 0.15) is 90.9 Å². The standard InChI is InChI=1S/C28H39BrN2O2S/c1-3-5-7-9-11-13-19-30-24-21-22(25-16-17-26(29)34-25)28(33)31(23(24)15-18-27(30)32)20-14-12-10-8-6-4-2/h15-18,21H,3-14,19-20H2,1-2H3. The average Bonchev–Trinajstić information content (AvgIpc) is 3.26. The van der Waals surface area contributed by atoms with E-state index < -0.39 is 0 Å². The molecule has 3 aromatic heterocycles. The molecule has 3 rings (SSSR count). The van der Waals surface area contributed by atoms with E-state index in [4.69, 9.17) is 0 Å². The molecule has 0 aliphatic rings. The van der Waals surface area contributed by atoms with Crippen LogP contribution in [0.25, 0.3) is 21.5 Å². The summed E-state index contributed by atoms with van der Waals surface area (Å²) in [5.74, 6) is 0. The number of aromatic nitrogens is 2. The van der Waals surface area contributed by atoms with Crippen molar-refractivity contribution in [1.29, 1.82) is 0 Å². The Morgan fingerprint density at radius 2 is 1.29 bits per heavy atom. The maximum absolute atomic E-state index is 13.6. The monoisotopic (exact) mass is 546 g/mol. The molecule has 4 nitrogen and oxygen atoms in total. The predicted octanol–water partition coefficient (Wildman–Crippen LogP) is 8.38. The number of fused-ring (bicyclic) bond motifs is 1. The molecule has 0 amide bonds. The number of aryl methyl sites for hydroxylation is 2. The summed E-state index contributed by atoms with van der Waals surface area (Å²) >= 11 is 5.10. The van der Waals surface area contributed by atoms with E-state index in [2.05, 4.69) is 29.8 Å². The molecule has 0 N–H and O–H groups in total. The summed E-state index contributed by atoms with van der Waals surface area (Å²) in [5, 5.41) is 0. The van der Waals surface area contributed by atoms with Crippen LogP contribution in [0.15, 0.2) is 43.7 Å². The van der Waals surface area contributed by atoms with E-state index in [0.717, 1.165) is 45.4 Å². The first-order chi connectivity index (χ1) is 16.6. The molecule has 0 spiro atoms. The quantitative estimate of drug-likeness (QED) is 0.179. The van der Waals surface area contributed by atoms with Gasteiger partial charge < -0.3 is 9.13 Å². The van der Waals surface area contributed by atoms with E-state index in [1.165, 1.54) is 51.4 Å². The molecule has 0 atom stereocenters. The minimum Gasteiger partial charge on any atom is -0.307 e. The van der Waals surface area contributed by atoms with Crippen LogP contribution in [0.2, 0.25) is 0 Å². The highest BCUT2D eigenvalue weighted by atomic mass is 79.9. The Kier molecular flexibility index (Phi) is 11.1. The lowest BCUT2D eigenvalue weighted by Crippen LogP contribution is -2.26. The van der Waals surface area contributed by atoms with Crippen LogP contribution in [0.5, 0.6) is 0 Å². The molecule has 0 saturated heterocycles. The SMILES string of the molecule is CCCCCCCCn1c(=O)ccc2c1cc(-c1ccc(Br)s1)c(=O)n2CCCCCCCC. The molecule has 0 fully saturated rings. The van der Waals surface area contributed by atoms with Crippen molar-refractivity contribution >= 4 is 38.3 Å².